The molecule has 0 aliphatic heterocycles. The highest BCUT2D eigenvalue weighted by atomic mass is 127. The molecule has 60 valence electrons. The van der Waals surface area contributed by atoms with Gasteiger partial charge in [0.05, 0.1) is 0 Å². The predicted octanol–water partition coefficient (Wildman–Crippen LogP) is 2.51. The average molecular weight is 262 g/mol. The van der Waals surface area contributed by atoms with E-state index >= 15 is 0 Å². The molecule has 2 nitrogen and oxygen atoms in total. The van der Waals surface area contributed by atoms with Gasteiger partial charge < -0.3 is 0 Å². The maximum absolute atomic E-state index is 4.31. The van der Waals surface area contributed by atoms with Crippen LogP contribution in [0.4, 0.5) is 0 Å². The monoisotopic (exact) mass is 262 g/mol. The number of halogens is 1. The van der Waals surface area contributed by atoms with Crippen LogP contribution in [0.15, 0.2) is 6.07 Å². The zero-order valence-electron chi connectivity index (χ0n) is 6.93. The van der Waals surface area contributed by atoms with Crippen LogP contribution in [0.2, 0.25) is 0 Å². The number of hydrogen-bond acceptors (Lipinski definition) is 2. The molecule has 0 saturated carbocycles. The van der Waals surface area contributed by atoms with Crippen molar-refractivity contribution in [2.45, 2.75) is 26.7 Å². The van der Waals surface area contributed by atoms with E-state index in [1.54, 1.807) is 0 Å². The molecule has 1 heterocycles. The van der Waals surface area contributed by atoms with Crippen molar-refractivity contribution in [1.29, 1.82) is 0 Å². The van der Waals surface area contributed by atoms with Crippen LogP contribution < -0.4 is 0 Å². The SMILES string of the molecule is Cc1cc(C(C)C)nc(I)n1. The minimum Gasteiger partial charge on any atom is -0.228 e. The zero-order valence-corrected chi connectivity index (χ0v) is 9.08. The molecular weight excluding hydrogens is 251 g/mol. The van der Waals surface area contributed by atoms with E-state index in [0.29, 0.717) is 5.92 Å². The zero-order chi connectivity index (χ0) is 8.43. The molecular formula is C8H11IN2. The Morgan fingerprint density at radius 3 is 2.45 bits per heavy atom. The Bertz CT molecular complexity index is 238. The summed E-state index contributed by atoms with van der Waals surface area (Å²) in [5.41, 5.74) is 2.18. The summed E-state index contributed by atoms with van der Waals surface area (Å²) in [6.07, 6.45) is 0. The smallest absolute Gasteiger partial charge is 0.191 e. The Morgan fingerprint density at radius 1 is 1.36 bits per heavy atom. The van der Waals surface area contributed by atoms with Crippen LogP contribution in [0.5, 0.6) is 0 Å². The van der Waals surface area contributed by atoms with Crippen molar-refractivity contribution in [1.82, 2.24) is 9.97 Å². The van der Waals surface area contributed by atoms with Gasteiger partial charge in [0.25, 0.3) is 0 Å². The minimum atomic E-state index is 0.491. The first-order valence-electron chi connectivity index (χ1n) is 3.60. The van der Waals surface area contributed by atoms with Gasteiger partial charge in [-0.3, -0.25) is 0 Å². The first kappa shape index (κ1) is 8.90. The van der Waals surface area contributed by atoms with E-state index < -0.39 is 0 Å². The third kappa shape index (κ3) is 2.39. The molecule has 0 radical (unpaired) electrons. The lowest BCUT2D eigenvalue weighted by atomic mass is 10.1. The van der Waals surface area contributed by atoms with Gasteiger partial charge >= 0.3 is 0 Å². The van der Waals surface area contributed by atoms with Gasteiger partial charge in [0.15, 0.2) is 3.83 Å². The standard InChI is InChI=1S/C8H11IN2/c1-5(2)7-4-6(3)10-8(9)11-7/h4-5H,1-3H3. The summed E-state index contributed by atoms with van der Waals surface area (Å²) in [7, 11) is 0. The van der Waals surface area contributed by atoms with Gasteiger partial charge in [-0.15, -0.1) is 0 Å². The molecule has 0 amide bonds. The molecule has 0 aliphatic rings. The maximum atomic E-state index is 4.31. The van der Waals surface area contributed by atoms with Gasteiger partial charge in [0.1, 0.15) is 0 Å². The van der Waals surface area contributed by atoms with Crippen molar-refractivity contribution < 1.29 is 0 Å². The number of rotatable bonds is 1. The van der Waals surface area contributed by atoms with Crippen molar-refractivity contribution in [3.8, 4) is 0 Å². The molecule has 1 aromatic heterocycles. The fourth-order valence-electron chi connectivity index (χ4n) is 0.851. The topological polar surface area (TPSA) is 25.8 Å². The molecule has 1 aromatic rings. The van der Waals surface area contributed by atoms with Crippen molar-refractivity contribution >= 4 is 22.6 Å². The number of nitrogens with zero attached hydrogens (tertiary/aromatic N) is 2. The summed E-state index contributed by atoms with van der Waals surface area (Å²) in [5, 5.41) is 0. The number of hydrogen-bond donors (Lipinski definition) is 0. The second kappa shape index (κ2) is 3.47. The molecule has 3 heteroatoms. The van der Waals surface area contributed by atoms with E-state index in [9.17, 15) is 0 Å². The van der Waals surface area contributed by atoms with Crippen molar-refractivity contribution in [3.05, 3.63) is 21.3 Å². The molecule has 0 unspecified atom stereocenters. The van der Waals surface area contributed by atoms with E-state index in [1.165, 1.54) is 0 Å². The highest BCUT2D eigenvalue weighted by Gasteiger charge is 2.02. The summed E-state index contributed by atoms with van der Waals surface area (Å²) >= 11 is 2.14. The Kier molecular flexibility index (Phi) is 2.81. The maximum Gasteiger partial charge on any atom is 0.191 e. The van der Waals surface area contributed by atoms with E-state index in [1.807, 2.05) is 13.0 Å². The highest BCUT2D eigenvalue weighted by molar-refractivity contribution is 14.1. The average Bonchev–Trinajstić information content (AvgIpc) is 1.85. The molecule has 0 fully saturated rings. The Balaban J connectivity index is 3.08. The summed E-state index contributed by atoms with van der Waals surface area (Å²) in [4.78, 5) is 8.50. The number of aromatic nitrogens is 2. The third-order valence-electron chi connectivity index (χ3n) is 1.44. The van der Waals surface area contributed by atoms with E-state index in [4.69, 9.17) is 0 Å². The second-order valence-corrected chi connectivity index (χ2v) is 3.82. The molecule has 0 bridgehead atoms. The van der Waals surface area contributed by atoms with Crippen LogP contribution in [0.3, 0.4) is 0 Å². The quantitative estimate of drug-likeness (QED) is 0.574. The normalized spacial score (nSPS) is 10.6. The third-order valence-corrected chi connectivity index (χ3v) is 1.92. The first-order valence-corrected chi connectivity index (χ1v) is 4.68. The lowest BCUT2D eigenvalue weighted by molar-refractivity contribution is 0.799. The predicted molar refractivity (Wildman–Crippen MR) is 53.6 cm³/mol. The van der Waals surface area contributed by atoms with Crippen LogP contribution in [0.25, 0.3) is 0 Å². The Hall–Kier alpha value is -0.190. The van der Waals surface area contributed by atoms with E-state index in [-0.39, 0.29) is 0 Å². The van der Waals surface area contributed by atoms with Crippen LogP contribution in [0, 0.1) is 10.8 Å². The fraction of sp³-hybridized carbons (Fsp3) is 0.500. The number of aryl methyl sites for hydroxylation is 1. The molecule has 0 spiro atoms. The van der Waals surface area contributed by atoms with Crippen molar-refractivity contribution in [3.63, 3.8) is 0 Å². The summed E-state index contributed by atoms with van der Waals surface area (Å²) < 4.78 is 0.839. The van der Waals surface area contributed by atoms with E-state index in [2.05, 4.69) is 46.4 Å². The van der Waals surface area contributed by atoms with Gasteiger partial charge in [-0.1, -0.05) is 13.8 Å². The van der Waals surface area contributed by atoms with Crippen molar-refractivity contribution in [2.75, 3.05) is 0 Å². The first-order chi connectivity index (χ1) is 5.09. The lowest BCUT2D eigenvalue weighted by Gasteiger charge is -2.04. The molecule has 1 rings (SSSR count). The van der Waals surface area contributed by atoms with Crippen molar-refractivity contribution in [2.24, 2.45) is 0 Å². The lowest BCUT2D eigenvalue weighted by Crippen LogP contribution is -1.98. The van der Waals surface area contributed by atoms with Gasteiger partial charge in [0.2, 0.25) is 0 Å². The van der Waals surface area contributed by atoms with Gasteiger partial charge in [-0.2, -0.15) is 0 Å². The summed E-state index contributed by atoms with van der Waals surface area (Å²) in [6, 6.07) is 2.03. The molecule has 0 aromatic carbocycles. The fourth-order valence-corrected chi connectivity index (χ4v) is 1.51. The molecule has 0 saturated heterocycles. The van der Waals surface area contributed by atoms with E-state index in [0.717, 1.165) is 15.2 Å². The Labute approximate surface area is 80.6 Å². The largest absolute Gasteiger partial charge is 0.228 e. The van der Waals surface area contributed by atoms with Gasteiger partial charge in [0, 0.05) is 34.0 Å². The van der Waals surface area contributed by atoms with Crippen LogP contribution in [-0.2, 0) is 0 Å². The molecule has 0 atom stereocenters. The van der Waals surface area contributed by atoms with Gasteiger partial charge in [-0.25, -0.2) is 9.97 Å². The highest BCUT2D eigenvalue weighted by Crippen LogP contribution is 2.12. The van der Waals surface area contributed by atoms with Gasteiger partial charge in [-0.05, 0) is 18.9 Å². The second-order valence-electron chi connectivity index (χ2n) is 2.86. The van der Waals surface area contributed by atoms with Crippen LogP contribution >= 0.6 is 22.6 Å². The molecule has 0 aliphatic carbocycles. The molecule has 0 N–H and O–H groups in total. The summed E-state index contributed by atoms with van der Waals surface area (Å²) in [6.45, 7) is 6.27. The Morgan fingerprint density at radius 2 is 2.00 bits per heavy atom. The van der Waals surface area contributed by atoms with Crippen LogP contribution in [-0.4, -0.2) is 9.97 Å². The summed E-state index contributed by atoms with van der Waals surface area (Å²) in [5.74, 6) is 0.491. The van der Waals surface area contributed by atoms with Crippen LogP contribution in [0.1, 0.15) is 31.2 Å². The minimum absolute atomic E-state index is 0.491. The molecule has 11 heavy (non-hydrogen) atoms.